The Kier molecular flexibility index (Phi) is 9.62. The molecule has 1 amide bonds. The number of fused-ring (bicyclic) bond motifs is 3. The summed E-state index contributed by atoms with van der Waals surface area (Å²) in [5.74, 6) is -1.51. The highest BCUT2D eigenvalue weighted by molar-refractivity contribution is 9.10. The van der Waals surface area contributed by atoms with Crippen LogP contribution in [0.3, 0.4) is 0 Å². The molecule has 272 valence electrons. The molecule has 1 N–H and O–H groups in total. The molecule has 0 radical (unpaired) electrons. The average molecular weight is 791 g/mol. The van der Waals surface area contributed by atoms with Gasteiger partial charge in [-0.2, -0.15) is 4.39 Å². The van der Waals surface area contributed by atoms with Crippen LogP contribution in [0.5, 0.6) is 0 Å². The van der Waals surface area contributed by atoms with E-state index in [1.807, 2.05) is 0 Å². The summed E-state index contributed by atoms with van der Waals surface area (Å²) in [5.41, 5.74) is -0.811. The molecular weight excluding hydrogens is 753 g/mol. The van der Waals surface area contributed by atoms with Gasteiger partial charge in [-0.05, 0) is 68.6 Å². The first-order chi connectivity index (χ1) is 24.0. The van der Waals surface area contributed by atoms with Crippen molar-refractivity contribution in [2.45, 2.75) is 69.2 Å². The van der Waals surface area contributed by atoms with E-state index in [4.69, 9.17) is 14.2 Å². The number of pyridine rings is 1. The maximum Gasteiger partial charge on any atom is 0.407 e. The number of hydrogen-bond acceptors (Lipinski definition) is 10. The van der Waals surface area contributed by atoms with E-state index in [1.54, 1.807) is 52.9 Å². The molecule has 0 aliphatic heterocycles. The summed E-state index contributed by atoms with van der Waals surface area (Å²) >= 11 is 3.58. The highest BCUT2D eigenvalue weighted by atomic mass is 79.9. The number of carbonyl (C=O) groups is 2. The van der Waals surface area contributed by atoms with Crippen LogP contribution in [0.25, 0.3) is 33.3 Å². The molecule has 1 aromatic carbocycles. The van der Waals surface area contributed by atoms with Crippen LogP contribution in [0.15, 0.2) is 56.9 Å². The first-order valence-corrected chi connectivity index (χ1v) is 18.3. The van der Waals surface area contributed by atoms with Gasteiger partial charge < -0.3 is 19.5 Å². The van der Waals surface area contributed by atoms with Crippen molar-refractivity contribution < 1.29 is 36.6 Å². The van der Waals surface area contributed by atoms with Gasteiger partial charge in [-0.25, -0.2) is 31.8 Å². The number of halogens is 2. The molecule has 4 aromatic heterocycles. The van der Waals surface area contributed by atoms with E-state index in [0.29, 0.717) is 11.0 Å². The second-order valence-electron chi connectivity index (χ2n) is 13.2. The van der Waals surface area contributed by atoms with Gasteiger partial charge in [-0.3, -0.25) is 13.8 Å². The lowest BCUT2D eigenvalue weighted by Crippen LogP contribution is -2.44. The van der Waals surface area contributed by atoms with Gasteiger partial charge >= 0.3 is 17.8 Å². The Morgan fingerprint density at radius 1 is 1.14 bits per heavy atom. The van der Waals surface area contributed by atoms with E-state index in [2.05, 4.69) is 31.3 Å². The largest absolute Gasteiger partial charge is 0.464 e. The minimum Gasteiger partial charge on any atom is -0.464 e. The van der Waals surface area contributed by atoms with Crippen molar-refractivity contribution in [3.63, 3.8) is 0 Å². The predicted molar refractivity (Wildman–Crippen MR) is 187 cm³/mol. The van der Waals surface area contributed by atoms with Gasteiger partial charge in [0.05, 0.1) is 62.0 Å². The molecule has 1 aliphatic carbocycles. The van der Waals surface area contributed by atoms with Crippen LogP contribution in [0.1, 0.15) is 46.6 Å². The Balaban J connectivity index is 1.56. The van der Waals surface area contributed by atoms with Gasteiger partial charge in [0.25, 0.3) is 10.0 Å². The van der Waals surface area contributed by atoms with Gasteiger partial charge in [-0.1, -0.05) is 18.2 Å². The van der Waals surface area contributed by atoms with Crippen LogP contribution in [0.2, 0.25) is 0 Å². The van der Waals surface area contributed by atoms with Gasteiger partial charge in [0.15, 0.2) is 5.65 Å². The third kappa shape index (κ3) is 6.67. The van der Waals surface area contributed by atoms with E-state index in [9.17, 15) is 22.8 Å². The number of hydrogen-bond donors (Lipinski definition) is 1. The molecule has 5 aromatic rings. The van der Waals surface area contributed by atoms with Crippen LogP contribution in [-0.2, 0) is 43.1 Å². The SMILES string of the molecule is CCOC(=O)CO[C@@H]1C[C@@H](n2c(=O)n(C)c3cnc4c(c(Br)c(-c5cn(C)nc5F)n4S(=O)(=O)c4ccccc4)c32)C[C@@H]1NC(=O)OC(C)(C)C. The van der Waals surface area contributed by atoms with Crippen molar-refractivity contribution in [3.8, 4) is 11.3 Å². The molecule has 1 aliphatic rings. The number of ether oxygens (including phenoxy) is 3. The Labute approximate surface area is 300 Å². The Bertz CT molecular complexity index is 2330. The topological polar surface area (TPSA) is 171 Å². The number of nitrogens with zero attached hydrogens (tertiary/aromatic N) is 6. The molecule has 6 rings (SSSR count). The first-order valence-electron chi connectivity index (χ1n) is 16.1. The van der Waals surface area contributed by atoms with Crippen LogP contribution < -0.4 is 11.0 Å². The summed E-state index contributed by atoms with van der Waals surface area (Å²) in [6.45, 7) is 6.61. The Hall–Kier alpha value is -4.55. The smallest absolute Gasteiger partial charge is 0.407 e. The molecule has 0 saturated heterocycles. The van der Waals surface area contributed by atoms with Crippen LogP contribution in [0, 0.1) is 5.95 Å². The number of alkyl carbamates (subject to hydrolysis) is 1. The zero-order valence-electron chi connectivity index (χ0n) is 28.7. The number of benzene rings is 1. The van der Waals surface area contributed by atoms with Crippen LogP contribution in [-0.4, -0.2) is 79.3 Å². The molecule has 1 fully saturated rings. The number of esters is 1. The monoisotopic (exact) mass is 789 g/mol. The standard InChI is InChI=1S/C33H37BrFN7O8S/c1-7-48-24(43)17-49-23-14-18(13-21(23)37-31(44)50-33(2,3)4)41-28-22(40(6)32(41)45)15-36-30-25(28)26(34)27(20-16-39(5)38-29(20)35)42(30)51(46,47)19-11-9-8-10-12-19/h8-12,15-16,18,21,23H,7,13-14,17H2,1-6H3,(H,37,44)/t18-,21-,23+/m0/s1. The third-order valence-corrected chi connectivity index (χ3v) is 11.0. The van der Waals surface area contributed by atoms with E-state index >= 15 is 4.39 Å². The Morgan fingerprint density at radius 2 is 1.84 bits per heavy atom. The molecule has 3 atom stereocenters. The fraction of sp³-hybridized carbons (Fsp3) is 0.424. The third-order valence-electron chi connectivity index (χ3n) is 8.52. The van der Waals surface area contributed by atoms with Gasteiger partial charge in [0, 0.05) is 26.3 Å². The zero-order chi connectivity index (χ0) is 37.0. The van der Waals surface area contributed by atoms with Crippen LogP contribution in [0.4, 0.5) is 9.18 Å². The molecule has 18 heteroatoms. The molecule has 0 spiro atoms. The molecule has 4 heterocycles. The van der Waals surface area contributed by atoms with E-state index in [1.165, 1.54) is 45.4 Å². The first kappa shape index (κ1) is 36.2. The lowest BCUT2D eigenvalue weighted by atomic mass is 10.2. The highest BCUT2D eigenvalue weighted by Crippen LogP contribution is 2.44. The number of imidazole rings is 1. The van der Waals surface area contributed by atoms with Crippen molar-refractivity contribution in [2.24, 2.45) is 14.1 Å². The zero-order valence-corrected chi connectivity index (χ0v) is 31.1. The van der Waals surface area contributed by atoms with Gasteiger partial charge in [0.2, 0.25) is 5.95 Å². The second-order valence-corrected chi connectivity index (χ2v) is 15.8. The van der Waals surface area contributed by atoms with E-state index < -0.39 is 57.5 Å². The summed E-state index contributed by atoms with van der Waals surface area (Å²) < 4.78 is 65.8. The summed E-state index contributed by atoms with van der Waals surface area (Å²) in [5, 5.41) is 6.87. The molecular formula is C33H37BrFN7O8S. The van der Waals surface area contributed by atoms with Crippen molar-refractivity contribution in [2.75, 3.05) is 13.2 Å². The molecule has 0 bridgehead atoms. The van der Waals surface area contributed by atoms with Crippen molar-refractivity contribution in [1.29, 1.82) is 0 Å². The highest BCUT2D eigenvalue weighted by Gasteiger charge is 2.41. The lowest BCUT2D eigenvalue weighted by molar-refractivity contribution is -0.150. The van der Waals surface area contributed by atoms with Gasteiger partial charge in [-0.15, -0.1) is 5.10 Å². The maximum atomic E-state index is 15.4. The normalized spacial score (nSPS) is 18.1. The van der Waals surface area contributed by atoms with Crippen LogP contribution >= 0.6 is 15.9 Å². The number of amides is 1. The summed E-state index contributed by atoms with van der Waals surface area (Å²) in [6, 6.07) is 6.33. The fourth-order valence-corrected chi connectivity index (χ4v) is 8.86. The average Bonchev–Trinajstić information content (AvgIpc) is 3.76. The quantitative estimate of drug-likeness (QED) is 0.211. The van der Waals surface area contributed by atoms with Crippen molar-refractivity contribution in [3.05, 3.63) is 63.6 Å². The second kappa shape index (κ2) is 13.5. The van der Waals surface area contributed by atoms with E-state index in [-0.39, 0.29) is 57.7 Å². The Morgan fingerprint density at radius 3 is 2.47 bits per heavy atom. The summed E-state index contributed by atoms with van der Waals surface area (Å²) in [4.78, 5) is 43.7. The predicted octanol–water partition coefficient (Wildman–Crippen LogP) is 4.41. The minimum atomic E-state index is -4.40. The van der Waals surface area contributed by atoms with Gasteiger partial charge in [0.1, 0.15) is 12.2 Å². The molecule has 1 saturated carbocycles. The summed E-state index contributed by atoms with van der Waals surface area (Å²) in [7, 11) is -1.34. The lowest BCUT2D eigenvalue weighted by Gasteiger charge is -2.24. The number of nitrogens with one attached hydrogen (secondary N) is 1. The maximum absolute atomic E-state index is 15.4. The van der Waals surface area contributed by atoms with Crippen molar-refractivity contribution in [1.82, 2.24) is 33.2 Å². The summed E-state index contributed by atoms with van der Waals surface area (Å²) in [6.07, 6.45) is 1.66. The van der Waals surface area contributed by atoms with Crippen molar-refractivity contribution >= 4 is 60.1 Å². The number of aryl methyl sites for hydroxylation is 2. The minimum absolute atomic E-state index is 0.0626. The number of rotatable bonds is 9. The number of carbonyl (C=O) groups excluding carboxylic acids is 2. The molecule has 51 heavy (non-hydrogen) atoms. The molecule has 15 nitrogen and oxygen atoms in total. The fourth-order valence-electron chi connectivity index (χ4n) is 6.48. The number of aromatic nitrogens is 6. The molecule has 0 unspecified atom stereocenters. The van der Waals surface area contributed by atoms with E-state index in [0.717, 1.165) is 3.97 Å².